The van der Waals surface area contributed by atoms with E-state index >= 15 is 0 Å². The van der Waals surface area contributed by atoms with Crippen molar-refractivity contribution in [3.8, 4) is 0 Å². The van der Waals surface area contributed by atoms with Gasteiger partial charge in [0.05, 0.1) is 17.2 Å². The third-order valence-corrected chi connectivity index (χ3v) is 3.72. The smallest absolute Gasteiger partial charge is 0.391 e. The summed E-state index contributed by atoms with van der Waals surface area (Å²) in [6.07, 6.45) is -4.25. The molecule has 110 valence electrons. The van der Waals surface area contributed by atoms with E-state index in [2.05, 4.69) is 0 Å². The molecular weight excluding hydrogens is 295 g/mol. The fraction of sp³-hybridized carbons (Fsp3) is 0.462. The summed E-state index contributed by atoms with van der Waals surface area (Å²) in [6.45, 7) is 0.343. The molecule has 1 aromatic rings. The van der Waals surface area contributed by atoms with E-state index in [9.17, 15) is 18.0 Å². The van der Waals surface area contributed by atoms with Gasteiger partial charge in [-0.2, -0.15) is 13.2 Å². The largest absolute Gasteiger partial charge is 0.478 e. The van der Waals surface area contributed by atoms with Gasteiger partial charge in [-0.3, -0.25) is 0 Å². The Morgan fingerprint density at radius 2 is 1.90 bits per heavy atom. The molecule has 0 unspecified atom stereocenters. The van der Waals surface area contributed by atoms with Crippen LogP contribution in [0.3, 0.4) is 0 Å². The van der Waals surface area contributed by atoms with Crippen LogP contribution in [0.2, 0.25) is 5.02 Å². The Kier molecular flexibility index (Phi) is 4.13. The number of anilines is 1. The van der Waals surface area contributed by atoms with Crippen LogP contribution in [0, 0.1) is 5.92 Å². The zero-order chi connectivity index (χ0) is 14.9. The van der Waals surface area contributed by atoms with Gasteiger partial charge in [0, 0.05) is 18.1 Å². The monoisotopic (exact) mass is 307 g/mol. The van der Waals surface area contributed by atoms with E-state index in [1.807, 2.05) is 0 Å². The highest BCUT2D eigenvalue weighted by Gasteiger charge is 2.41. The molecule has 1 aliphatic rings. The first-order valence-electron chi connectivity index (χ1n) is 6.13. The number of carbonyl (C=O) groups is 1. The summed E-state index contributed by atoms with van der Waals surface area (Å²) < 4.78 is 37.8. The van der Waals surface area contributed by atoms with Crippen molar-refractivity contribution < 1.29 is 23.1 Å². The molecule has 20 heavy (non-hydrogen) atoms. The Balaban J connectivity index is 2.18. The minimum Gasteiger partial charge on any atom is -0.478 e. The minimum absolute atomic E-state index is 0.0327. The van der Waals surface area contributed by atoms with E-state index in [-0.39, 0.29) is 31.5 Å². The highest BCUT2D eigenvalue weighted by molar-refractivity contribution is 6.31. The van der Waals surface area contributed by atoms with Crippen molar-refractivity contribution in [2.24, 2.45) is 5.92 Å². The summed E-state index contributed by atoms with van der Waals surface area (Å²) in [5, 5.41) is 9.48. The number of halogens is 4. The quantitative estimate of drug-likeness (QED) is 0.903. The van der Waals surface area contributed by atoms with Crippen molar-refractivity contribution >= 4 is 23.3 Å². The fourth-order valence-corrected chi connectivity index (χ4v) is 2.56. The van der Waals surface area contributed by atoms with Gasteiger partial charge in [-0.05, 0) is 31.0 Å². The maximum absolute atomic E-state index is 12.6. The first-order chi connectivity index (χ1) is 9.29. The molecule has 7 heteroatoms. The summed E-state index contributed by atoms with van der Waals surface area (Å²) in [4.78, 5) is 12.8. The molecule has 1 saturated heterocycles. The Bertz CT molecular complexity index is 511. The Morgan fingerprint density at radius 3 is 2.40 bits per heavy atom. The summed E-state index contributed by atoms with van der Waals surface area (Å²) in [6, 6.07) is 4.31. The molecule has 1 fully saturated rings. The lowest BCUT2D eigenvalue weighted by molar-refractivity contribution is -0.179. The van der Waals surface area contributed by atoms with Crippen LogP contribution in [0.25, 0.3) is 0 Å². The van der Waals surface area contributed by atoms with Crippen molar-refractivity contribution in [1.29, 1.82) is 0 Å². The molecule has 0 spiro atoms. The van der Waals surface area contributed by atoms with Crippen LogP contribution in [-0.4, -0.2) is 30.3 Å². The third kappa shape index (κ3) is 3.17. The molecule has 0 amide bonds. The number of piperidine rings is 1. The molecule has 0 aromatic heterocycles. The molecule has 0 bridgehead atoms. The predicted molar refractivity (Wildman–Crippen MR) is 69.4 cm³/mol. The molecule has 1 N–H and O–H groups in total. The van der Waals surface area contributed by atoms with E-state index < -0.39 is 18.1 Å². The standard InChI is InChI=1S/C13H13ClF3NO2/c14-9-1-2-10(12(19)20)11(7-9)18-5-3-8(4-6-18)13(15,16)17/h1-2,7-8H,3-6H2,(H,19,20). The van der Waals surface area contributed by atoms with Gasteiger partial charge >= 0.3 is 12.1 Å². The van der Waals surface area contributed by atoms with Crippen LogP contribution in [0.4, 0.5) is 18.9 Å². The lowest BCUT2D eigenvalue weighted by Crippen LogP contribution is -2.39. The lowest BCUT2D eigenvalue weighted by atomic mass is 9.95. The zero-order valence-electron chi connectivity index (χ0n) is 10.5. The second-order valence-electron chi connectivity index (χ2n) is 4.77. The molecule has 1 aromatic carbocycles. The van der Waals surface area contributed by atoms with Crippen LogP contribution in [0.5, 0.6) is 0 Å². The van der Waals surface area contributed by atoms with E-state index in [1.54, 1.807) is 4.90 Å². The second-order valence-corrected chi connectivity index (χ2v) is 5.21. The maximum atomic E-state index is 12.6. The fourth-order valence-electron chi connectivity index (χ4n) is 2.39. The SMILES string of the molecule is O=C(O)c1ccc(Cl)cc1N1CCC(C(F)(F)F)CC1. The predicted octanol–water partition coefficient (Wildman–Crippen LogP) is 3.82. The average Bonchev–Trinajstić information content (AvgIpc) is 2.37. The van der Waals surface area contributed by atoms with E-state index in [0.29, 0.717) is 10.7 Å². The van der Waals surface area contributed by atoms with Crippen molar-refractivity contribution in [3.63, 3.8) is 0 Å². The number of hydrogen-bond donors (Lipinski definition) is 1. The summed E-state index contributed by atoms with van der Waals surface area (Å²) in [7, 11) is 0. The normalized spacial score (nSPS) is 17.3. The highest BCUT2D eigenvalue weighted by Crippen LogP contribution is 2.36. The first-order valence-corrected chi connectivity index (χ1v) is 6.51. The maximum Gasteiger partial charge on any atom is 0.391 e. The molecule has 1 heterocycles. The third-order valence-electron chi connectivity index (χ3n) is 3.49. The second kappa shape index (κ2) is 5.52. The molecule has 3 nitrogen and oxygen atoms in total. The number of carboxylic acid groups (broad SMARTS) is 1. The number of rotatable bonds is 2. The van der Waals surface area contributed by atoms with Gasteiger partial charge in [-0.25, -0.2) is 4.79 Å². The van der Waals surface area contributed by atoms with Gasteiger partial charge in [0.15, 0.2) is 0 Å². The molecule has 0 radical (unpaired) electrons. The molecule has 0 aliphatic carbocycles. The van der Waals surface area contributed by atoms with Gasteiger partial charge in [0.1, 0.15) is 0 Å². The first kappa shape index (κ1) is 15.0. The highest BCUT2D eigenvalue weighted by atomic mass is 35.5. The molecular formula is C13H13ClF3NO2. The van der Waals surface area contributed by atoms with Gasteiger partial charge in [0.25, 0.3) is 0 Å². The van der Waals surface area contributed by atoms with Crippen molar-refractivity contribution in [2.75, 3.05) is 18.0 Å². The molecule has 0 atom stereocenters. The van der Waals surface area contributed by atoms with Crippen molar-refractivity contribution in [3.05, 3.63) is 28.8 Å². The summed E-state index contributed by atoms with van der Waals surface area (Å²) >= 11 is 5.84. The lowest BCUT2D eigenvalue weighted by Gasteiger charge is -2.35. The Hall–Kier alpha value is -1.43. The minimum atomic E-state index is -4.18. The Labute approximate surface area is 118 Å². The van der Waals surface area contributed by atoms with E-state index in [4.69, 9.17) is 16.7 Å². The van der Waals surface area contributed by atoms with Crippen LogP contribution >= 0.6 is 11.6 Å². The van der Waals surface area contributed by atoms with Crippen LogP contribution < -0.4 is 4.90 Å². The average molecular weight is 308 g/mol. The number of alkyl halides is 3. The van der Waals surface area contributed by atoms with Crippen molar-refractivity contribution in [1.82, 2.24) is 0 Å². The summed E-state index contributed by atoms with van der Waals surface area (Å²) in [5.41, 5.74) is 0.436. The van der Waals surface area contributed by atoms with Gasteiger partial charge in [0.2, 0.25) is 0 Å². The molecule has 1 aliphatic heterocycles. The Morgan fingerprint density at radius 1 is 1.30 bits per heavy atom. The van der Waals surface area contributed by atoms with Crippen LogP contribution in [0.1, 0.15) is 23.2 Å². The number of carboxylic acids is 1. The van der Waals surface area contributed by atoms with Gasteiger partial charge in [-0.1, -0.05) is 11.6 Å². The topological polar surface area (TPSA) is 40.5 Å². The van der Waals surface area contributed by atoms with E-state index in [0.717, 1.165) is 0 Å². The molecule has 0 saturated carbocycles. The van der Waals surface area contributed by atoms with Gasteiger partial charge < -0.3 is 10.0 Å². The number of benzene rings is 1. The van der Waals surface area contributed by atoms with Crippen LogP contribution in [-0.2, 0) is 0 Å². The number of hydrogen-bond acceptors (Lipinski definition) is 2. The van der Waals surface area contributed by atoms with E-state index in [1.165, 1.54) is 18.2 Å². The van der Waals surface area contributed by atoms with Crippen molar-refractivity contribution in [2.45, 2.75) is 19.0 Å². The molecule has 2 rings (SSSR count). The zero-order valence-corrected chi connectivity index (χ0v) is 11.2. The van der Waals surface area contributed by atoms with Gasteiger partial charge in [-0.15, -0.1) is 0 Å². The number of aromatic carboxylic acids is 1. The van der Waals surface area contributed by atoms with Crippen LogP contribution in [0.15, 0.2) is 18.2 Å². The summed E-state index contributed by atoms with van der Waals surface area (Å²) in [5.74, 6) is -2.43. The number of nitrogens with zero attached hydrogens (tertiary/aromatic N) is 1.